The van der Waals surface area contributed by atoms with Crippen molar-refractivity contribution >= 4 is 11.9 Å². The van der Waals surface area contributed by atoms with Crippen LogP contribution in [0.1, 0.15) is 73.1 Å². The second-order valence-corrected chi connectivity index (χ2v) is 10.7. The topological polar surface area (TPSA) is 82.1 Å². The molecule has 0 radical (unpaired) electrons. The third-order valence-corrected chi connectivity index (χ3v) is 7.81. The number of aliphatic hydroxyl groups is 1. The van der Waals surface area contributed by atoms with Crippen molar-refractivity contribution in [1.82, 2.24) is 0 Å². The fraction of sp³-hybridized carbons (Fsp3) is 0.769. The van der Waals surface area contributed by atoms with Gasteiger partial charge in [-0.05, 0) is 63.5 Å². The first-order valence-electron chi connectivity index (χ1n) is 12.0. The van der Waals surface area contributed by atoms with E-state index in [1.165, 1.54) is 0 Å². The Labute approximate surface area is 192 Å². The van der Waals surface area contributed by atoms with Crippen molar-refractivity contribution in [3.8, 4) is 0 Å². The van der Waals surface area contributed by atoms with Crippen molar-refractivity contribution < 1.29 is 28.9 Å². The highest BCUT2D eigenvalue weighted by Crippen LogP contribution is 2.47. The van der Waals surface area contributed by atoms with E-state index in [0.717, 1.165) is 12.0 Å². The van der Waals surface area contributed by atoms with Crippen LogP contribution >= 0.6 is 0 Å². The number of methoxy groups -OCH3 is 1. The molecule has 0 aromatic rings. The summed E-state index contributed by atoms with van der Waals surface area (Å²) >= 11 is 0. The summed E-state index contributed by atoms with van der Waals surface area (Å²) in [6.45, 7) is 10.1. The van der Waals surface area contributed by atoms with Gasteiger partial charge in [-0.1, -0.05) is 26.0 Å². The second-order valence-electron chi connectivity index (χ2n) is 10.7. The monoisotopic (exact) mass is 448 g/mol. The first kappa shape index (κ1) is 25.0. The van der Waals surface area contributed by atoms with E-state index in [4.69, 9.17) is 14.2 Å². The molecule has 1 aliphatic heterocycles. The highest BCUT2D eigenvalue weighted by atomic mass is 16.6. The van der Waals surface area contributed by atoms with Gasteiger partial charge in [-0.25, -0.2) is 0 Å². The molecule has 3 aliphatic rings. The van der Waals surface area contributed by atoms with Crippen molar-refractivity contribution in [3.63, 3.8) is 0 Å². The molecule has 0 bridgehead atoms. The predicted octanol–water partition coefficient (Wildman–Crippen LogP) is 4.35. The smallest absolute Gasteiger partial charge is 0.311 e. The zero-order valence-electron chi connectivity index (χ0n) is 20.4. The lowest BCUT2D eigenvalue weighted by Gasteiger charge is -2.46. The van der Waals surface area contributed by atoms with Gasteiger partial charge in [0.2, 0.25) is 0 Å². The van der Waals surface area contributed by atoms with Crippen LogP contribution in [0.2, 0.25) is 0 Å². The molecule has 7 atom stereocenters. The number of carbonyl (C=O) groups excluding carboxylic acids is 2. The minimum Gasteiger partial charge on any atom is -0.462 e. The summed E-state index contributed by atoms with van der Waals surface area (Å²) in [4.78, 5) is 24.8. The van der Waals surface area contributed by atoms with Crippen LogP contribution in [0.5, 0.6) is 0 Å². The number of hydrogen-bond acceptors (Lipinski definition) is 6. The molecule has 6 heteroatoms. The molecule has 1 saturated heterocycles. The summed E-state index contributed by atoms with van der Waals surface area (Å²) in [5.41, 5.74) is 0.116. The standard InChI is InChI=1S/C26H40O6/c1-7-25(3,4)24(29)32-21-15-26(5,30-6)14-17-9-8-16(2)20(23(17)21)11-10-19-12-18(27)13-22(28)31-19/h8-9,14,16,18-21,23,27H,7,10-13,15H2,1-6H3/t16-,18+,19+,20?,21-,23-,26+/m0/s1. The Kier molecular flexibility index (Phi) is 7.55. The van der Waals surface area contributed by atoms with Gasteiger partial charge in [0.05, 0.1) is 23.5 Å². The quantitative estimate of drug-likeness (QED) is 0.583. The first-order chi connectivity index (χ1) is 15.0. The minimum atomic E-state index is -0.623. The molecular formula is C26H40O6. The first-order valence-corrected chi connectivity index (χ1v) is 12.0. The van der Waals surface area contributed by atoms with Gasteiger partial charge in [0.15, 0.2) is 0 Å². The number of cyclic esters (lactones) is 1. The lowest BCUT2D eigenvalue weighted by atomic mass is 9.64. The van der Waals surface area contributed by atoms with E-state index in [1.54, 1.807) is 7.11 Å². The van der Waals surface area contributed by atoms with Crippen LogP contribution in [0.3, 0.4) is 0 Å². The Bertz CT molecular complexity index is 768. The maximum absolute atomic E-state index is 13.0. The Morgan fingerprint density at radius 2 is 2.06 bits per heavy atom. The summed E-state index contributed by atoms with van der Waals surface area (Å²) in [5.74, 6) is 0.115. The molecule has 32 heavy (non-hydrogen) atoms. The van der Waals surface area contributed by atoms with E-state index >= 15 is 0 Å². The zero-order valence-corrected chi connectivity index (χ0v) is 20.4. The molecule has 0 aromatic heterocycles. The number of ether oxygens (including phenoxy) is 3. The van der Waals surface area contributed by atoms with Crippen LogP contribution < -0.4 is 0 Å². The van der Waals surface area contributed by atoms with Crippen LogP contribution in [0.4, 0.5) is 0 Å². The molecular weight excluding hydrogens is 408 g/mol. The van der Waals surface area contributed by atoms with Gasteiger partial charge < -0.3 is 19.3 Å². The number of esters is 2. The summed E-state index contributed by atoms with van der Waals surface area (Å²) in [6, 6.07) is 0. The Balaban J connectivity index is 1.84. The van der Waals surface area contributed by atoms with E-state index in [1.807, 2.05) is 27.7 Å². The summed E-state index contributed by atoms with van der Waals surface area (Å²) in [6.07, 6.45) is 8.78. The number of aliphatic hydroxyl groups excluding tert-OH is 1. The maximum Gasteiger partial charge on any atom is 0.311 e. The van der Waals surface area contributed by atoms with Crippen LogP contribution in [0.25, 0.3) is 0 Å². The Hall–Kier alpha value is -1.66. The molecule has 2 aliphatic carbocycles. The highest BCUT2D eigenvalue weighted by molar-refractivity contribution is 5.76. The number of hydrogen-bond donors (Lipinski definition) is 1. The van der Waals surface area contributed by atoms with E-state index in [0.29, 0.717) is 31.6 Å². The molecule has 1 N–H and O–H groups in total. The van der Waals surface area contributed by atoms with Crippen molar-refractivity contribution in [2.24, 2.45) is 23.2 Å². The third kappa shape index (κ3) is 5.45. The third-order valence-electron chi connectivity index (χ3n) is 7.81. The Morgan fingerprint density at radius 3 is 2.69 bits per heavy atom. The molecule has 0 spiro atoms. The van der Waals surface area contributed by atoms with Gasteiger partial charge >= 0.3 is 11.9 Å². The normalized spacial score (nSPS) is 37.3. The van der Waals surface area contributed by atoms with Gasteiger partial charge in [-0.15, -0.1) is 0 Å². The average molecular weight is 449 g/mol. The molecule has 0 aromatic carbocycles. The molecule has 0 saturated carbocycles. The zero-order chi connectivity index (χ0) is 23.7. The number of rotatable bonds is 7. The fourth-order valence-corrected chi connectivity index (χ4v) is 5.22. The van der Waals surface area contributed by atoms with Crippen molar-refractivity contribution in [2.75, 3.05) is 7.11 Å². The summed E-state index contributed by atoms with van der Waals surface area (Å²) in [7, 11) is 1.70. The SMILES string of the molecule is CCC(C)(C)C(=O)O[C@H]1C[C@](C)(OC)C=C2C=C[C@H](C)C(CC[C@@H]3C[C@@H](O)CC(=O)O3)[C@H]21. The number of fused-ring (bicyclic) bond motifs is 1. The molecule has 180 valence electrons. The maximum atomic E-state index is 13.0. The van der Waals surface area contributed by atoms with Crippen molar-refractivity contribution in [1.29, 1.82) is 0 Å². The predicted molar refractivity (Wildman–Crippen MR) is 122 cm³/mol. The molecule has 3 rings (SSSR count). The van der Waals surface area contributed by atoms with Gasteiger partial charge in [0, 0.05) is 25.9 Å². The van der Waals surface area contributed by atoms with E-state index in [-0.39, 0.29) is 42.4 Å². The van der Waals surface area contributed by atoms with Crippen LogP contribution in [0.15, 0.2) is 23.8 Å². The number of allylic oxidation sites excluding steroid dienone is 2. The van der Waals surface area contributed by atoms with Crippen LogP contribution in [0, 0.1) is 23.2 Å². The van der Waals surface area contributed by atoms with E-state index < -0.39 is 17.1 Å². The Morgan fingerprint density at radius 1 is 1.34 bits per heavy atom. The lowest BCUT2D eigenvalue weighted by Crippen LogP contribution is -2.48. The molecule has 1 heterocycles. The molecule has 6 nitrogen and oxygen atoms in total. The second kappa shape index (κ2) is 9.68. The summed E-state index contributed by atoms with van der Waals surface area (Å²) in [5, 5.41) is 9.96. The minimum absolute atomic E-state index is 0.0686. The van der Waals surface area contributed by atoms with E-state index in [2.05, 4.69) is 25.2 Å². The van der Waals surface area contributed by atoms with E-state index in [9.17, 15) is 14.7 Å². The highest BCUT2D eigenvalue weighted by Gasteiger charge is 2.47. The van der Waals surface area contributed by atoms with Crippen molar-refractivity contribution in [3.05, 3.63) is 23.8 Å². The summed E-state index contributed by atoms with van der Waals surface area (Å²) < 4.78 is 17.5. The average Bonchev–Trinajstić information content (AvgIpc) is 2.72. The van der Waals surface area contributed by atoms with Gasteiger partial charge in [-0.2, -0.15) is 0 Å². The lowest BCUT2D eigenvalue weighted by molar-refractivity contribution is -0.168. The van der Waals surface area contributed by atoms with Gasteiger partial charge in [0.1, 0.15) is 12.2 Å². The molecule has 0 amide bonds. The van der Waals surface area contributed by atoms with Gasteiger partial charge in [-0.3, -0.25) is 9.59 Å². The fourth-order valence-electron chi connectivity index (χ4n) is 5.22. The molecule has 1 unspecified atom stereocenters. The van der Waals surface area contributed by atoms with Crippen LogP contribution in [-0.4, -0.2) is 48.1 Å². The van der Waals surface area contributed by atoms with Crippen LogP contribution in [-0.2, 0) is 23.8 Å². The van der Waals surface area contributed by atoms with Gasteiger partial charge in [0.25, 0.3) is 0 Å². The largest absolute Gasteiger partial charge is 0.462 e. The number of carbonyl (C=O) groups is 2. The van der Waals surface area contributed by atoms with Crippen molar-refractivity contribution in [2.45, 2.75) is 97.1 Å². The molecule has 1 fully saturated rings.